The van der Waals surface area contributed by atoms with Crippen LogP contribution in [0.15, 0.2) is 35.4 Å². The van der Waals surface area contributed by atoms with E-state index in [2.05, 4.69) is 35.8 Å². The van der Waals surface area contributed by atoms with Crippen molar-refractivity contribution < 1.29 is 31.2 Å². The standard InChI is InChI=1S/C31H40F3N7O4S/c1-20-10-14-35-23-6-4-7-25(36-23)46(44,45)38-27(42)22-8-9-24(37-26(22)41-19-21(20)18-29(41,2)3)40-17-16-39(28(40)43)15-5-11-30(12-13-30)31(32,33)34/h4,6-9,20-21H,5,10-19H2,1-3H3,(H,35,36)(H,38,42)/t20-,21-/m0/s1. The molecule has 11 nitrogen and oxygen atoms in total. The fourth-order valence-electron chi connectivity index (χ4n) is 7.02. The van der Waals surface area contributed by atoms with E-state index in [0.717, 1.165) is 12.8 Å². The topological polar surface area (TPSA) is 128 Å². The van der Waals surface area contributed by atoms with Gasteiger partial charge < -0.3 is 15.1 Å². The Hall–Kier alpha value is -3.62. The number of anilines is 3. The van der Waals surface area contributed by atoms with Gasteiger partial charge >= 0.3 is 12.2 Å². The third-order valence-electron chi connectivity index (χ3n) is 10.1. The first-order valence-electron chi connectivity index (χ1n) is 15.8. The van der Waals surface area contributed by atoms with Gasteiger partial charge in [0.25, 0.3) is 15.9 Å². The third kappa shape index (κ3) is 6.09. The number of amides is 3. The number of fused-ring (bicyclic) bond motifs is 6. The molecule has 250 valence electrons. The predicted octanol–water partition coefficient (Wildman–Crippen LogP) is 5.02. The number of carbonyl (C=O) groups is 2. The second-order valence-corrected chi connectivity index (χ2v) is 15.3. The minimum atomic E-state index is -4.33. The Morgan fingerprint density at radius 2 is 1.83 bits per heavy atom. The van der Waals surface area contributed by atoms with Gasteiger partial charge in [-0.15, -0.1) is 0 Å². The quantitative estimate of drug-likeness (QED) is 0.457. The molecule has 46 heavy (non-hydrogen) atoms. The zero-order valence-electron chi connectivity index (χ0n) is 26.2. The Kier molecular flexibility index (Phi) is 8.13. The molecule has 4 aliphatic rings. The summed E-state index contributed by atoms with van der Waals surface area (Å²) in [4.78, 5) is 41.1. The molecule has 2 atom stereocenters. The summed E-state index contributed by atoms with van der Waals surface area (Å²) in [5, 5.41) is 2.90. The lowest BCUT2D eigenvalue weighted by Crippen LogP contribution is -2.41. The minimum Gasteiger partial charge on any atom is -0.370 e. The van der Waals surface area contributed by atoms with Gasteiger partial charge in [-0.1, -0.05) is 13.0 Å². The van der Waals surface area contributed by atoms with E-state index in [1.807, 2.05) is 4.90 Å². The monoisotopic (exact) mass is 663 g/mol. The van der Waals surface area contributed by atoms with Crippen molar-refractivity contribution in [3.63, 3.8) is 0 Å². The van der Waals surface area contributed by atoms with Crippen LogP contribution >= 0.6 is 0 Å². The highest BCUT2D eigenvalue weighted by molar-refractivity contribution is 7.90. The molecule has 4 bridgehead atoms. The van der Waals surface area contributed by atoms with Gasteiger partial charge in [0.15, 0.2) is 5.03 Å². The van der Waals surface area contributed by atoms with Gasteiger partial charge in [-0.2, -0.15) is 21.6 Å². The zero-order valence-corrected chi connectivity index (χ0v) is 27.0. The molecule has 3 aliphatic heterocycles. The van der Waals surface area contributed by atoms with Gasteiger partial charge in [-0.05, 0) is 88.5 Å². The lowest BCUT2D eigenvalue weighted by Gasteiger charge is -2.34. The lowest BCUT2D eigenvalue weighted by atomic mass is 9.86. The van der Waals surface area contributed by atoms with Gasteiger partial charge in [-0.25, -0.2) is 19.5 Å². The molecule has 15 heteroatoms. The first kappa shape index (κ1) is 32.3. The summed E-state index contributed by atoms with van der Waals surface area (Å²) in [6.07, 6.45) is -2.09. The summed E-state index contributed by atoms with van der Waals surface area (Å²) in [6, 6.07) is 7.18. The van der Waals surface area contributed by atoms with E-state index in [1.165, 1.54) is 28.0 Å². The van der Waals surface area contributed by atoms with Crippen LogP contribution in [0, 0.1) is 17.3 Å². The fraction of sp³-hybridized carbons (Fsp3) is 0.613. The lowest BCUT2D eigenvalue weighted by molar-refractivity contribution is -0.189. The van der Waals surface area contributed by atoms with Crippen LogP contribution < -0.4 is 19.8 Å². The summed E-state index contributed by atoms with van der Waals surface area (Å²) < 4.78 is 68.8. The molecule has 2 saturated heterocycles. The molecule has 0 unspecified atom stereocenters. The Balaban J connectivity index is 1.29. The third-order valence-corrected chi connectivity index (χ3v) is 11.3. The largest absolute Gasteiger partial charge is 0.394 e. The summed E-state index contributed by atoms with van der Waals surface area (Å²) in [5.74, 6) is 0.627. The second-order valence-electron chi connectivity index (χ2n) is 13.7. The molecule has 1 saturated carbocycles. The van der Waals surface area contributed by atoms with Crippen molar-refractivity contribution in [3.8, 4) is 0 Å². The Bertz CT molecular complexity index is 1630. The number of carbonyl (C=O) groups excluding carboxylic acids is 2. The van der Waals surface area contributed by atoms with E-state index in [0.29, 0.717) is 31.3 Å². The number of pyridine rings is 2. The number of hydrogen-bond donors (Lipinski definition) is 2. The van der Waals surface area contributed by atoms with Crippen molar-refractivity contribution in [2.45, 2.75) is 76.0 Å². The Labute approximate surface area is 267 Å². The van der Waals surface area contributed by atoms with E-state index in [-0.39, 0.29) is 73.0 Å². The number of aromatic nitrogens is 2. The van der Waals surface area contributed by atoms with Crippen molar-refractivity contribution in [3.05, 3.63) is 35.9 Å². The van der Waals surface area contributed by atoms with E-state index in [4.69, 9.17) is 4.98 Å². The van der Waals surface area contributed by atoms with E-state index in [9.17, 15) is 31.2 Å². The number of hydrogen-bond acceptors (Lipinski definition) is 8. The molecule has 0 aromatic carbocycles. The maximum Gasteiger partial charge on any atom is 0.394 e. The number of nitrogens with one attached hydrogen (secondary N) is 2. The van der Waals surface area contributed by atoms with Crippen LogP contribution in [0.25, 0.3) is 0 Å². The molecule has 0 spiro atoms. The average molecular weight is 664 g/mol. The number of halogens is 3. The van der Waals surface area contributed by atoms with Crippen LogP contribution in [0.3, 0.4) is 0 Å². The van der Waals surface area contributed by atoms with Crippen molar-refractivity contribution in [2.24, 2.45) is 17.3 Å². The molecular formula is C31H40F3N7O4S. The molecule has 3 fully saturated rings. The maximum absolute atomic E-state index is 13.7. The number of alkyl halides is 3. The summed E-state index contributed by atoms with van der Waals surface area (Å²) in [5.41, 5.74) is -2.00. The first-order chi connectivity index (χ1) is 21.6. The highest BCUT2D eigenvalue weighted by Crippen LogP contribution is 2.60. The van der Waals surface area contributed by atoms with Crippen LogP contribution in [-0.4, -0.2) is 79.7 Å². The van der Waals surface area contributed by atoms with Crippen molar-refractivity contribution >= 4 is 39.4 Å². The van der Waals surface area contributed by atoms with Crippen LogP contribution in [-0.2, 0) is 10.0 Å². The average Bonchev–Trinajstić information content (AvgIpc) is 3.61. The van der Waals surface area contributed by atoms with Crippen molar-refractivity contribution in [1.29, 1.82) is 0 Å². The van der Waals surface area contributed by atoms with Crippen LogP contribution in [0.5, 0.6) is 0 Å². The minimum absolute atomic E-state index is 0.00506. The number of nitrogens with zero attached hydrogens (tertiary/aromatic N) is 5. The van der Waals surface area contributed by atoms with E-state index in [1.54, 1.807) is 12.1 Å². The summed E-state index contributed by atoms with van der Waals surface area (Å²) >= 11 is 0. The van der Waals surface area contributed by atoms with Crippen LogP contribution in [0.1, 0.15) is 69.7 Å². The van der Waals surface area contributed by atoms with Gasteiger partial charge in [0, 0.05) is 38.3 Å². The van der Waals surface area contributed by atoms with E-state index >= 15 is 0 Å². The highest BCUT2D eigenvalue weighted by Gasteiger charge is 2.62. The second kappa shape index (κ2) is 11.6. The molecule has 6 rings (SSSR count). The SMILES string of the molecule is C[C@H]1CCNc2cccc(n2)S(=O)(=O)NC(=O)c2ccc(N3CCN(CCCC4(C(F)(F)F)CC4)C3=O)nc2N2C[C@@H]1CC2(C)C. The Morgan fingerprint density at radius 3 is 2.54 bits per heavy atom. The Morgan fingerprint density at radius 1 is 1.07 bits per heavy atom. The molecular weight excluding hydrogens is 623 g/mol. The van der Waals surface area contributed by atoms with Crippen LogP contribution in [0.2, 0.25) is 0 Å². The predicted molar refractivity (Wildman–Crippen MR) is 166 cm³/mol. The highest BCUT2D eigenvalue weighted by atomic mass is 32.2. The fourth-order valence-corrected chi connectivity index (χ4v) is 7.95. The molecule has 0 radical (unpaired) electrons. The number of urea groups is 1. The number of sulfonamides is 1. The summed E-state index contributed by atoms with van der Waals surface area (Å²) in [6.45, 7) is 8.28. The summed E-state index contributed by atoms with van der Waals surface area (Å²) in [7, 11) is -4.33. The molecule has 2 aromatic heterocycles. The van der Waals surface area contributed by atoms with Crippen molar-refractivity contribution in [1.82, 2.24) is 19.6 Å². The number of rotatable bonds is 5. The smallest absolute Gasteiger partial charge is 0.370 e. The maximum atomic E-state index is 13.7. The van der Waals surface area contributed by atoms with Crippen molar-refractivity contribution in [2.75, 3.05) is 47.8 Å². The molecule has 3 amide bonds. The van der Waals surface area contributed by atoms with Crippen LogP contribution in [0.4, 0.5) is 35.4 Å². The molecule has 1 aliphatic carbocycles. The molecule has 2 N–H and O–H groups in total. The van der Waals surface area contributed by atoms with Gasteiger partial charge in [0.05, 0.1) is 11.0 Å². The van der Waals surface area contributed by atoms with E-state index < -0.39 is 33.1 Å². The normalized spacial score (nSPS) is 25.3. The van der Waals surface area contributed by atoms with Gasteiger partial charge in [0.2, 0.25) is 0 Å². The van der Waals surface area contributed by atoms with Gasteiger partial charge in [0.1, 0.15) is 17.5 Å². The zero-order chi connectivity index (χ0) is 33.1. The molecule has 5 heterocycles. The van der Waals surface area contributed by atoms with Gasteiger partial charge in [-0.3, -0.25) is 9.69 Å². The first-order valence-corrected chi connectivity index (χ1v) is 17.3. The molecule has 2 aromatic rings.